The number of nitrogens with zero attached hydrogens (tertiary/aromatic N) is 3. The highest BCUT2D eigenvalue weighted by Crippen LogP contribution is 2.13. The van der Waals surface area contributed by atoms with Gasteiger partial charge in [-0.15, -0.1) is 5.10 Å². The van der Waals surface area contributed by atoms with Crippen LogP contribution in [-0.2, 0) is 0 Å². The molecule has 0 aliphatic rings. The number of hydrogen-bond donors (Lipinski definition) is 1. The molecule has 2 heterocycles. The molecule has 0 amide bonds. The zero-order valence-corrected chi connectivity index (χ0v) is 12.2. The van der Waals surface area contributed by atoms with E-state index in [4.69, 9.17) is 0 Å². The van der Waals surface area contributed by atoms with Crippen LogP contribution in [0.2, 0.25) is 0 Å². The van der Waals surface area contributed by atoms with Crippen LogP contribution in [0.3, 0.4) is 0 Å². The van der Waals surface area contributed by atoms with Crippen molar-refractivity contribution < 1.29 is 0 Å². The van der Waals surface area contributed by atoms with Gasteiger partial charge in [-0.05, 0) is 37.8 Å². The maximum Gasteiger partial charge on any atom is 0.153 e. The molecule has 0 fully saturated rings. The number of aromatic nitrogens is 3. The molecule has 1 N–H and O–H groups in total. The van der Waals surface area contributed by atoms with E-state index in [-0.39, 0.29) is 0 Å². The van der Waals surface area contributed by atoms with Gasteiger partial charge < -0.3 is 5.32 Å². The van der Waals surface area contributed by atoms with E-state index in [0.717, 1.165) is 29.6 Å². The molecular formula is C15H24N4. The van der Waals surface area contributed by atoms with Gasteiger partial charge in [0.1, 0.15) is 5.82 Å². The summed E-state index contributed by atoms with van der Waals surface area (Å²) in [6.45, 7) is 7.59. The number of aryl methyl sites for hydroxylation is 1. The van der Waals surface area contributed by atoms with Crippen LogP contribution in [0.4, 0.5) is 5.82 Å². The Kier molecular flexibility index (Phi) is 4.77. The van der Waals surface area contributed by atoms with E-state index in [1.807, 2.05) is 29.8 Å². The lowest BCUT2D eigenvalue weighted by molar-refractivity contribution is 0.475. The molecular weight excluding hydrogens is 236 g/mol. The van der Waals surface area contributed by atoms with Crippen LogP contribution in [0.1, 0.15) is 45.2 Å². The van der Waals surface area contributed by atoms with Gasteiger partial charge in [-0.3, -0.25) is 0 Å². The Morgan fingerprint density at radius 2 is 2.16 bits per heavy atom. The topological polar surface area (TPSA) is 42.2 Å². The molecule has 0 saturated carbocycles. The highest BCUT2D eigenvalue weighted by Gasteiger charge is 2.03. The van der Waals surface area contributed by atoms with Crippen molar-refractivity contribution in [3.63, 3.8) is 0 Å². The molecule has 0 spiro atoms. The second kappa shape index (κ2) is 6.55. The minimum atomic E-state index is 0.832. The Morgan fingerprint density at radius 3 is 2.95 bits per heavy atom. The van der Waals surface area contributed by atoms with Crippen LogP contribution >= 0.6 is 0 Å². The van der Waals surface area contributed by atoms with Gasteiger partial charge in [-0.25, -0.2) is 9.50 Å². The lowest BCUT2D eigenvalue weighted by atomic mass is 10.0. The van der Waals surface area contributed by atoms with Crippen molar-refractivity contribution in [1.29, 1.82) is 0 Å². The summed E-state index contributed by atoms with van der Waals surface area (Å²) in [6.07, 6.45) is 6.95. The van der Waals surface area contributed by atoms with E-state index in [0.29, 0.717) is 0 Å². The fourth-order valence-electron chi connectivity index (χ4n) is 2.39. The predicted molar refractivity (Wildman–Crippen MR) is 79.5 cm³/mol. The van der Waals surface area contributed by atoms with Crippen LogP contribution in [-0.4, -0.2) is 21.1 Å². The lowest BCUT2D eigenvalue weighted by Crippen LogP contribution is -2.07. The van der Waals surface area contributed by atoms with Gasteiger partial charge in [0.2, 0.25) is 0 Å². The smallest absolute Gasteiger partial charge is 0.153 e. The molecule has 0 aromatic carbocycles. The van der Waals surface area contributed by atoms with E-state index < -0.39 is 0 Å². The Balaban J connectivity index is 1.83. The lowest BCUT2D eigenvalue weighted by Gasteiger charge is -2.10. The summed E-state index contributed by atoms with van der Waals surface area (Å²) in [6, 6.07) is 4.00. The van der Waals surface area contributed by atoms with Crippen LogP contribution in [0.5, 0.6) is 0 Å². The van der Waals surface area contributed by atoms with E-state index in [2.05, 4.69) is 29.2 Å². The Labute approximate surface area is 115 Å². The van der Waals surface area contributed by atoms with Crippen LogP contribution in [0.15, 0.2) is 18.3 Å². The van der Waals surface area contributed by atoms with Crippen molar-refractivity contribution >= 4 is 11.5 Å². The van der Waals surface area contributed by atoms with Crippen LogP contribution in [0.25, 0.3) is 5.65 Å². The average Bonchev–Trinajstić information content (AvgIpc) is 2.77. The standard InChI is InChI=1S/C15H24N4/c1-4-6-12(2)7-5-10-16-14-8-9-15-17-11-13(3)19(15)18-14/h8-9,11-12H,4-7,10H2,1-3H3,(H,16,18). The maximum absolute atomic E-state index is 4.53. The van der Waals surface area contributed by atoms with E-state index in [9.17, 15) is 0 Å². The molecule has 2 aromatic rings. The third kappa shape index (κ3) is 3.69. The van der Waals surface area contributed by atoms with Gasteiger partial charge in [0, 0.05) is 6.54 Å². The monoisotopic (exact) mass is 260 g/mol. The molecule has 2 aromatic heterocycles. The molecule has 4 nitrogen and oxygen atoms in total. The molecule has 0 bridgehead atoms. The molecule has 104 valence electrons. The summed E-state index contributed by atoms with van der Waals surface area (Å²) in [4.78, 5) is 4.27. The van der Waals surface area contributed by atoms with E-state index in [1.54, 1.807) is 0 Å². The third-order valence-corrected chi connectivity index (χ3v) is 3.49. The first-order chi connectivity index (χ1) is 9.20. The number of anilines is 1. The molecule has 2 rings (SSSR count). The molecule has 0 radical (unpaired) electrons. The van der Waals surface area contributed by atoms with E-state index in [1.165, 1.54) is 25.7 Å². The summed E-state index contributed by atoms with van der Waals surface area (Å²) in [5.74, 6) is 1.76. The predicted octanol–water partition coefficient (Wildman–Crippen LogP) is 3.67. The first-order valence-corrected chi connectivity index (χ1v) is 7.26. The molecule has 1 unspecified atom stereocenters. The number of rotatable bonds is 7. The van der Waals surface area contributed by atoms with Gasteiger partial charge in [0.05, 0.1) is 11.9 Å². The largest absolute Gasteiger partial charge is 0.369 e. The molecule has 4 heteroatoms. The molecule has 0 saturated heterocycles. The molecule has 1 atom stereocenters. The Morgan fingerprint density at radius 1 is 1.32 bits per heavy atom. The van der Waals surface area contributed by atoms with Gasteiger partial charge in [0.25, 0.3) is 0 Å². The first-order valence-electron chi connectivity index (χ1n) is 7.26. The van der Waals surface area contributed by atoms with Crippen LogP contribution in [0, 0.1) is 12.8 Å². The van der Waals surface area contributed by atoms with Crippen molar-refractivity contribution in [1.82, 2.24) is 14.6 Å². The number of imidazole rings is 1. The SMILES string of the molecule is CCCC(C)CCCNc1ccc2ncc(C)n2n1. The summed E-state index contributed by atoms with van der Waals surface area (Å²) in [5.41, 5.74) is 1.97. The third-order valence-electron chi connectivity index (χ3n) is 3.49. The van der Waals surface area contributed by atoms with Crippen molar-refractivity contribution in [2.75, 3.05) is 11.9 Å². The molecule has 0 aliphatic heterocycles. The summed E-state index contributed by atoms with van der Waals surface area (Å²) in [5, 5.41) is 7.92. The second-order valence-electron chi connectivity index (χ2n) is 5.35. The van der Waals surface area contributed by atoms with Crippen molar-refractivity contribution in [2.45, 2.75) is 46.5 Å². The Bertz CT molecular complexity index is 518. The van der Waals surface area contributed by atoms with E-state index >= 15 is 0 Å². The first kappa shape index (κ1) is 13.8. The summed E-state index contributed by atoms with van der Waals surface area (Å²) in [7, 11) is 0. The average molecular weight is 260 g/mol. The minimum absolute atomic E-state index is 0.832. The zero-order valence-electron chi connectivity index (χ0n) is 12.2. The zero-order chi connectivity index (χ0) is 13.7. The number of fused-ring (bicyclic) bond motifs is 1. The van der Waals surface area contributed by atoms with Gasteiger partial charge in [-0.1, -0.05) is 26.7 Å². The van der Waals surface area contributed by atoms with Gasteiger partial charge in [0.15, 0.2) is 5.65 Å². The Hall–Kier alpha value is -1.58. The number of nitrogens with one attached hydrogen (secondary N) is 1. The molecule has 19 heavy (non-hydrogen) atoms. The normalized spacial score (nSPS) is 12.8. The fraction of sp³-hybridized carbons (Fsp3) is 0.600. The second-order valence-corrected chi connectivity index (χ2v) is 5.35. The number of hydrogen-bond acceptors (Lipinski definition) is 3. The van der Waals surface area contributed by atoms with Gasteiger partial charge in [-0.2, -0.15) is 0 Å². The van der Waals surface area contributed by atoms with Crippen molar-refractivity contribution in [3.8, 4) is 0 Å². The minimum Gasteiger partial charge on any atom is -0.369 e. The van der Waals surface area contributed by atoms with Gasteiger partial charge >= 0.3 is 0 Å². The van der Waals surface area contributed by atoms with Crippen LogP contribution < -0.4 is 5.32 Å². The molecule has 0 aliphatic carbocycles. The van der Waals surface area contributed by atoms with Crippen molar-refractivity contribution in [3.05, 3.63) is 24.0 Å². The summed E-state index contributed by atoms with van der Waals surface area (Å²) < 4.78 is 1.88. The quantitative estimate of drug-likeness (QED) is 0.772. The highest BCUT2D eigenvalue weighted by atomic mass is 15.3. The fourth-order valence-corrected chi connectivity index (χ4v) is 2.39. The van der Waals surface area contributed by atoms with Crippen molar-refractivity contribution in [2.24, 2.45) is 5.92 Å². The maximum atomic E-state index is 4.53. The highest BCUT2D eigenvalue weighted by molar-refractivity contribution is 5.45. The summed E-state index contributed by atoms with van der Waals surface area (Å²) >= 11 is 0.